The van der Waals surface area contributed by atoms with E-state index in [-0.39, 0.29) is 0 Å². The molecule has 0 N–H and O–H groups in total. The van der Waals surface area contributed by atoms with Crippen molar-refractivity contribution in [1.82, 2.24) is 0 Å². The van der Waals surface area contributed by atoms with Crippen molar-refractivity contribution in [1.29, 1.82) is 0 Å². The molecule has 1 heterocycles. The van der Waals surface area contributed by atoms with Crippen molar-refractivity contribution in [3.05, 3.63) is 47.9 Å². The molecule has 0 saturated heterocycles. The monoisotopic (exact) mass is 272 g/mol. The summed E-state index contributed by atoms with van der Waals surface area (Å²) in [4.78, 5) is 4.63. The third-order valence-electron chi connectivity index (χ3n) is 2.59. The fourth-order valence-corrected chi connectivity index (χ4v) is 2.35. The number of hydrogen-bond donors (Lipinski definition) is 0. The summed E-state index contributed by atoms with van der Waals surface area (Å²) in [6, 6.07) is 9.83. The minimum Gasteiger partial charge on any atom is -0.541 e. The number of furan rings is 1. The van der Waals surface area contributed by atoms with E-state index in [0.717, 1.165) is 22.9 Å². The van der Waals surface area contributed by atoms with Gasteiger partial charge in [-0.05, 0) is 56.8 Å². The van der Waals surface area contributed by atoms with Gasteiger partial charge in [-0.3, -0.25) is 0 Å². The van der Waals surface area contributed by atoms with Crippen LogP contribution in [0.3, 0.4) is 0 Å². The maximum absolute atomic E-state index is 5.88. The Morgan fingerprint density at radius 3 is 2.68 bits per heavy atom. The molecule has 0 atom stereocenters. The summed E-state index contributed by atoms with van der Waals surface area (Å²) in [5.74, 6) is 1.63. The zero-order valence-corrected chi connectivity index (χ0v) is 12.7. The molecule has 99 valence electrons. The molecule has 0 unspecified atom stereocenters. The van der Waals surface area contributed by atoms with E-state index in [0.29, 0.717) is 0 Å². The average Bonchev–Trinajstić information content (AvgIpc) is 2.86. The Morgan fingerprint density at radius 2 is 2.05 bits per heavy atom. The first-order valence-electron chi connectivity index (χ1n) is 6.24. The predicted molar refractivity (Wildman–Crippen MR) is 79.9 cm³/mol. The number of hydrogen-bond acceptors (Lipinski definition) is 3. The molecule has 0 amide bonds. The molecule has 4 heteroatoms. The summed E-state index contributed by atoms with van der Waals surface area (Å²) < 4.78 is 11.2. The first kappa shape index (κ1) is 13.6. The average molecular weight is 272 g/mol. The molecular formula is C15H18NO2Si. The number of aliphatic imine (C=N–C) groups is 1. The van der Waals surface area contributed by atoms with E-state index in [1.54, 1.807) is 6.26 Å². The number of rotatable bonds is 4. The zero-order chi connectivity index (χ0) is 13.8. The van der Waals surface area contributed by atoms with Crippen molar-refractivity contribution in [3.8, 4) is 5.75 Å². The van der Waals surface area contributed by atoms with Gasteiger partial charge in [0.25, 0.3) is 9.04 Å². The summed E-state index contributed by atoms with van der Waals surface area (Å²) in [5.41, 5.74) is 2.88. The van der Waals surface area contributed by atoms with Gasteiger partial charge in [-0.15, -0.1) is 0 Å². The van der Waals surface area contributed by atoms with Crippen molar-refractivity contribution in [3.63, 3.8) is 0 Å². The number of benzene rings is 1. The molecule has 0 saturated carbocycles. The lowest BCUT2D eigenvalue weighted by Gasteiger charge is -2.12. The maximum Gasteiger partial charge on any atom is 0.274 e. The molecular weight excluding hydrogens is 254 g/mol. The van der Waals surface area contributed by atoms with E-state index >= 15 is 0 Å². The molecule has 2 aromatic rings. The molecule has 0 aliphatic carbocycles. The van der Waals surface area contributed by atoms with Crippen LogP contribution in [0, 0.1) is 6.92 Å². The quantitative estimate of drug-likeness (QED) is 0.612. The van der Waals surface area contributed by atoms with Crippen LogP contribution in [0.15, 0.2) is 46.0 Å². The van der Waals surface area contributed by atoms with Crippen LogP contribution < -0.4 is 4.43 Å². The van der Waals surface area contributed by atoms with Crippen LogP contribution in [-0.2, 0) is 0 Å². The lowest BCUT2D eigenvalue weighted by molar-refractivity contribution is 0.557. The highest BCUT2D eigenvalue weighted by Gasteiger charge is 2.08. The number of nitrogens with zero attached hydrogens (tertiary/aromatic N) is 1. The normalized spacial score (nSPS) is 11.9. The fraction of sp³-hybridized carbons (Fsp3) is 0.267. The van der Waals surface area contributed by atoms with Crippen molar-refractivity contribution in [2.45, 2.75) is 26.9 Å². The largest absolute Gasteiger partial charge is 0.541 e. The van der Waals surface area contributed by atoms with Gasteiger partial charge < -0.3 is 8.84 Å². The van der Waals surface area contributed by atoms with Crippen LogP contribution in [-0.4, -0.2) is 14.8 Å². The molecule has 0 bridgehead atoms. The van der Waals surface area contributed by atoms with Crippen molar-refractivity contribution in [2.24, 2.45) is 4.99 Å². The van der Waals surface area contributed by atoms with Crippen LogP contribution in [0.4, 0.5) is 5.69 Å². The van der Waals surface area contributed by atoms with Crippen LogP contribution >= 0.6 is 0 Å². The van der Waals surface area contributed by atoms with E-state index in [9.17, 15) is 0 Å². The second-order valence-corrected chi connectivity index (χ2v) is 6.68. The second-order valence-electron chi connectivity index (χ2n) is 4.66. The molecule has 19 heavy (non-hydrogen) atoms. The Morgan fingerprint density at radius 1 is 1.26 bits per heavy atom. The molecule has 1 aromatic carbocycles. The third-order valence-corrected chi connectivity index (χ3v) is 3.22. The van der Waals surface area contributed by atoms with Gasteiger partial charge in [0, 0.05) is 0 Å². The van der Waals surface area contributed by atoms with Crippen molar-refractivity contribution < 1.29 is 8.84 Å². The van der Waals surface area contributed by atoms with Gasteiger partial charge in [0.2, 0.25) is 0 Å². The van der Waals surface area contributed by atoms with E-state index in [1.165, 1.54) is 5.56 Å². The van der Waals surface area contributed by atoms with Crippen molar-refractivity contribution >= 4 is 20.4 Å². The SMILES string of the molecule is CC(=Nc1cc(C)ccc1O[Si](C)C)c1ccco1. The molecule has 0 spiro atoms. The first-order valence-corrected chi connectivity index (χ1v) is 8.65. The van der Waals surface area contributed by atoms with Gasteiger partial charge in [0.05, 0.1) is 12.0 Å². The molecule has 0 aliphatic heterocycles. The highest BCUT2D eigenvalue weighted by molar-refractivity contribution is 6.49. The summed E-state index contributed by atoms with van der Waals surface area (Å²) in [7, 11) is -0.803. The van der Waals surface area contributed by atoms with E-state index < -0.39 is 9.04 Å². The molecule has 0 fully saturated rings. The lowest BCUT2D eigenvalue weighted by atomic mass is 10.2. The molecule has 0 aliphatic rings. The summed E-state index contributed by atoms with van der Waals surface area (Å²) >= 11 is 0. The fourth-order valence-electron chi connectivity index (χ4n) is 1.74. The minimum atomic E-state index is -0.803. The van der Waals surface area contributed by atoms with Gasteiger partial charge in [0.1, 0.15) is 17.2 Å². The molecule has 1 aromatic heterocycles. The maximum atomic E-state index is 5.88. The Labute approximate surface area is 115 Å². The Bertz CT molecular complexity index is 574. The highest BCUT2D eigenvalue weighted by atomic mass is 28.3. The van der Waals surface area contributed by atoms with Gasteiger partial charge in [-0.25, -0.2) is 4.99 Å². The molecule has 1 radical (unpaired) electrons. The molecule has 2 rings (SSSR count). The highest BCUT2D eigenvalue weighted by Crippen LogP contribution is 2.30. The predicted octanol–water partition coefficient (Wildman–Crippen LogP) is 4.36. The standard InChI is InChI=1S/C15H18NO2Si/c1-11-7-8-15(18-19(3)4)13(10-11)16-12(2)14-6-5-9-17-14/h5-10H,1-4H3. The topological polar surface area (TPSA) is 34.7 Å². The summed E-state index contributed by atoms with van der Waals surface area (Å²) in [5, 5.41) is 0. The summed E-state index contributed by atoms with van der Waals surface area (Å²) in [6.07, 6.45) is 1.65. The van der Waals surface area contributed by atoms with E-state index in [1.807, 2.05) is 37.3 Å². The zero-order valence-electron chi connectivity index (χ0n) is 11.7. The van der Waals surface area contributed by atoms with Gasteiger partial charge in [0.15, 0.2) is 0 Å². The van der Waals surface area contributed by atoms with Crippen LogP contribution in [0.1, 0.15) is 18.2 Å². The van der Waals surface area contributed by atoms with Crippen LogP contribution in [0.25, 0.3) is 0 Å². The second kappa shape index (κ2) is 5.89. The Balaban J connectivity index is 2.37. The van der Waals surface area contributed by atoms with E-state index in [4.69, 9.17) is 8.84 Å². The number of aryl methyl sites for hydroxylation is 1. The smallest absolute Gasteiger partial charge is 0.274 e. The van der Waals surface area contributed by atoms with Gasteiger partial charge in [-0.1, -0.05) is 6.07 Å². The lowest BCUT2D eigenvalue weighted by Crippen LogP contribution is -2.11. The van der Waals surface area contributed by atoms with Crippen molar-refractivity contribution in [2.75, 3.05) is 0 Å². The van der Waals surface area contributed by atoms with E-state index in [2.05, 4.69) is 25.0 Å². The third kappa shape index (κ3) is 3.58. The summed E-state index contributed by atoms with van der Waals surface area (Å²) in [6.45, 7) is 8.21. The van der Waals surface area contributed by atoms with Gasteiger partial charge in [-0.2, -0.15) is 0 Å². The Hall–Kier alpha value is -1.81. The molecule has 3 nitrogen and oxygen atoms in total. The van der Waals surface area contributed by atoms with Crippen LogP contribution in [0.5, 0.6) is 5.75 Å². The minimum absolute atomic E-state index is 0.783. The first-order chi connectivity index (χ1) is 9.06. The van der Waals surface area contributed by atoms with Crippen LogP contribution in [0.2, 0.25) is 13.1 Å². The van der Waals surface area contributed by atoms with Gasteiger partial charge >= 0.3 is 0 Å². The Kier molecular flexibility index (Phi) is 4.22.